The maximum absolute atomic E-state index is 10.8. The van der Waals surface area contributed by atoms with E-state index in [9.17, 15) is 10.1 Å². The van der Waals surface area contributed by atoms with Gasteiger partial charge in [0.2, 0.25) is 0 Å². The van der Waals surface area contributed by atoms with E-state index in [1.807, 2.05) is 0 Å². The molecular formula is C11H10N2O3S. The lowest BCUT2D eigenvalue weighted by Gasteiger charge is -2.00. The Balaban J connectivity index is 2.46. The first-order valence-corrected chi connectivity index (χ1v) is 5.80. The summed E-state index contributed by atoms with van der Waals surface area (Å²) in [6.07, 6.45) is 0. The Bertz CT molecular complexity index is 566. The first kappa shape index (κ1) is 11.7. The van der Waals surface area contributed by atoms with Crippen LogP contribution in [0.5, 0.6) is 0 Å². The Morgan fingerprint density at radius 2 is 2.29 bits per heavy atom. The van der Waals surface area contributed by atoms with Crippen LogP contribution in [0, 0.1) is 17.0 Å². The molecule has 5 nitrogen and oxygen atoms in total. The van der Waals surface area contributed by atoms with Gasteiger partial charge in [0.05, 0.1) is 17.2 Å². The van der Waals surface area contributed by atoms with E-state index in [0.29, 0.717) is 21.8 Å². The van der Waals surface area contributed by atoms with E-state index in [0.717, 1.165) is 0 Å². The summed E-state index contributed by atoms with van der Waals surface area (Å²) in [5.41, 5.74) is 2.05. The number of rotatable bonds is 3. The van der Waals surface area contributed by atoms with E-state index < -0.39 is 4.92 Å². The molecule has 6 heteroatoms. The van der Waals surface area contributed by atoms with E-state index in [1.165, 1.54) is 17.4 Å². The topological polar surface area (TPSA) is 76.3 Å². The van der Waals surface area contributed by atoms with Crippen LogP contribution in [0.3, 0.4) is 0 Å². The van der Waals surface area contributed by atoms with Crippen molar-refractivity contribution in [2.24, 2.45) is 0 Å². The molecule has 0 saturated carbocycles. The summed E-state index contributed by atoms with van der Waals surface area (Å²) in [5, 5.41) is 22.1. The number of aliphatic hydroxyl groups excluding tert-OH is 1. The van der Waals surface area contributed by atoms with E-state index in [4.69, 9.17) is 5.11 Å². The van der Waals surface area contributed by atoms with Gasteiger partial charge >= 0.3 is 0 Å². The van der Waals surface area contributed by atoms with E-state index >= 15 is 0 Å². The molecule has 0 radical (unpaired) electrons. The van der Waals surface area contributed by atoms with Crippen LogP contribution in [0.4, 0.5) is 5.69 Å². The normalized spacial score (nSPS) is 10.5. The minimum atomic E-state index is -0.405. The second kappa shape index (κ2) is 4.60. The van der Waals surface area contributed by atoms with Crippen molar-refractivity contribution in [3.8, 4) is 11.3 Å². The van der Waals surface area contributed by atoms with Crippen LogP contribution in [-0.4, -0.2) is 15.0 Å². The van der Waals surface area contributed by atoms with Gasteiger partial charge in [-0.15, -0.1) is 11.3 Å². The Morgan fingerprint density at radius 3 is 2.88 bits per heavy atom. The zero-order chi connectivity index (χ0) is 12.4. The number of nitrogens with zero attached hydrogens (tertiary/aromatic N) is 2. The van der Waals surface area contributed by atoms with Crippen LogP contribution in [-0.2, 0) is 6.61 Å². The lowest BCUT2D eigenvalue weighted by Crippen LogP contribution is -1.92. The number of aliphatic hydroxyl groups is 1. The largest absolute Gasteiger partial charge is 0.389 e. The van der Waals surface area contributed by atoms with Crippen LogP contribution >= 0.6 is 11.3 Å². The van der Waals surface area contributed by atoms with Gasteiger partial charge in [-0.25, -0.2) is 4.98 Å². The van der Waals surface area contributed by atoms with Gasteiger partial charge in [0.25, 0.3) is 5.69 Å². The Labute approximate surface area is 102 Å². The quantitative estimate of drug-likeness (QED) is 0.670. The fourth-order valence-corrected chi connectivity index (χ4v) is 2.14. The zero-order valence-corrected chi connectivity index (χ0v) is 9.90. The highest BCUT2D eigenvalue weighted by molar-refractivity contribution is 7.09. The molecule has 2 rings (SSSR count). The van der Waals surface area contributed by atoms with Crippen LogP contribution in [0.1, 0.15) is 10.6 Å². The number of aromatic nitrogens is 1. The number of aryl methyl sites for hydroxylation is 1. The molecule has 0 amide bonds. The van der Waals surface area contributed by atoms with Crippen molar-refractivity contribution >= 4 is 17.0 Å². The molecule has 0 aliphatic carbocycles. The van der Waals surface area contributed by atoms with Crippen LogP contribution in [0.2, 0.25) is 0 Å². The van der Waals surface area contributed by atoms with Gasteiger partial charge in [-0.3, -0.25) is 10.1 Å². The SMILES string of the molecule is Cc1ccc(-c2csc(CO)n2)cc1[N+](=O)[O-]. The number of thiazole rings is 1. The Kier molecular flexibility index (Phi) is 3.16. The number of nitro groups is 1. The summed E-state index contributed by atoms with van der Waals surface area (Å²) in [6, 6.07) is 5.00. The van der Waals surface area contributed by atoms with E-state index in [-0.39, 0.29) is 12.3 Å². The van der Waals surface area contributed by atoms with E-state index in [1.54, 1.807) is 24.4 Å². The molecular weight excluding hydrogens is 240 g/mol. The molecule has 2 aromatic rings. The highest BCUT2D eigenvalue weighted by atomic mass is 32.1. The summed E-state index contributed by atoms with van der Waals surface area (Å²) < 4.78 is 0. The molecule has 1 aromatic heterocycles. The van der Waals surface area contributed by atoms with Crippen LogP contribution in [0.15, 0.2) is 23.6 Å². The van der Waals surface area contributed by atoms with Crippen molar-refractivity contribution in [3.63, 3.8) is 0 Å². The lowest BCUT2D eigenvalue weighted by atomic mass is 10.1. The molecule has 0 saturated heterocycles. The predicted octanol–water partition coefficient (Wildman–Crippen LogP) is 2.52. The first-order valence-electron chi connectivity index (χ1n) is 4.92. The lowest BCUT2D eigenvalue weighted by molar-refractivity contribution is -0.385. The Morgan fingerprint density at radius 1 is 1.53 bits per heavy atom. The summed E-state index contributed by atoms with van der Waals surface area (Å²) in [5.74, 6) is 0. The fraction of sp³-hybridized carbons (Fsp3) is 0.182. The van der Waals surface area contributed by atoms with Crippen molar-refractivity contribution in [2.75, 3.05) is 0 Å². The van der Waals surface area contributed by atoms with Gasteiger partial charge < -0.3 is 5.11 Å². The van der Waals surface area contributed by atoms with Crippen molar-refractivity contribution in [2.45, 2.75) is 13.5 Å². The monoisotopic (exact) mass is 250 g/mol. The number of benzene rings is 1. The third-order valence-electron chi connectivity index (χ3n) is 2.39. The highest BCUT2D eigenvalue weighted by Gasteiger charge is 2.13. The maximum atomic E-state index is 10.8. The molecule has 0 aliphatic rings. The first-order chi connectivity index (χ1) is 8.11. The number of nitro benzene ring substituents is 1. The average Bonchev–Trinajstić information content (AvgIpc) is 2.78. The standard InChI is InChI=1S/C11H10N2O3S/c1-7-2-3-8(4-10(7)13(15)16)9-6-17-11(5-14)12-9/h2-4,6,14H,5H2,1H3. The summed E-state index contributed by atoms with van der Waals surface area (Å²) in [6.45, 7) is 1.58. The molecule has 88 valence electrons. The molecule has 1 aromatic carbocycles. The maximum Gasteiger partial charge on any atom is 0.272 e. The zero-order valence-electron chi connectivity index (χ0n) is 9.08. The van der Waals surface area contributed by atoms with Crippen molar-refractivity contribution in [3.05, 3.63) is 44.3 Å². The summed E-state index contributed by atoms with van der Waals surface area (Å²) in [7, 11) is 0. The Hall–Kier alpha value is -1.79. The second-order valence-corrected chi connectivity index (χ2v) is 4.49. The molecule has 0 spiro atoms. The van der Waals surface area contributed by atoms with Gasteiger partial charge in [0.15, 0.2) is 0 Å². The van der Waals surface area contributed by atoms with Gasteiger partial charge in [-0.2, -0.15) is 0 Å². The van der Waals surface area contributed by atoms with Gasteiger partial charge in [-0.05, 0) is 6.92 Å². The third-order valence-corrected chi connectivity index (χ3v) is 3.22. The van der Waals surface area contributed by atoms with E-state index in [2.05, 4.69) is 4.98 Å². The van der Waals surface area contributed by atoms with Crippen molar-refractivity contribution in [1.29, 1.82) is 0 Å². The number of hydrogen-bond acceptors (Lipinski definition) is 5. The van der Waals surface area contributed by atoms with Gasteiger partial charge in [-0.1, -0.05) is 12.1 Å². The minimum Gasteiger partial charge on any atom is -0.389 e. The van der Waals surface area contributed by atoms with Crippen LogP contribution in [0.25, 0.3) is 11.3 Å². The molecule has 0 aliphatic heterocycles. The fourth-order valence-electron chi connectivity index (χ4n) is 1.48. The third kappa shape index (κ3) is 2.32. The second-order valence-electron chi connectivity index (χ2n) is 3.54. The summed E-state index contributed by atoms with van der Waals surface area (Å²) >= 11 is 1.33. The number of hydrogen-bond donors (Lipinski definition) is 1. The van der Waals surface area contributed by atoms with Gasteiger partial charge in [0.1, 0.15) is 5.01 Å². The molecule has 1 heterocycles. The molecule has 1 N–H and O–H groups in total. The highest BCUT2D eigenvalue weighted by Crippen LogP contribution is 2.27. The minimum absolute atomic E-state index is 0.0843. The average molecular weight is 250 g/mol. The molecule has 0 bridgehead atoms. The molecule has 0 fully saturated rings. The van der Waals surface area contributed by atoms with Crippen molar-refractivity contribution < 1.29 is 10.0 Å². The molecule has 17 heavy (non-hydrogen) atoms. The van der Waals surface area contributed by atoms with Gasteiger partial charge in [0, 0.05) is 22.6 Å². The van der Waals surface area contributed by atoms with Crippen molar-refractivity contribution in [1.82, 2.24) is 4.98 Å². The van der Waals surface area contributed by atoms with Crippen LogP contribution < -0.4 is 0 Å². The summed E-state index contributed by atoms with van der Waals surface area (Å²) in [4.78, 5) is 14.6. The molecule has 0 unspecified atom stereocenters. The predicted molar refractivity (Wildman–Crippen MR) is 64.9 cm³/mol. The molecule has 0 atom stereocenters. The smallest absolute Gasteiger partial charge is 0.272 e.